The zero-order chi connectivity index (χ0) is 24.1. The summed E-state index contributed by atoms with van der Waals surface area (Å²) in [4.78, 5) is 17.5. The van der Waals surface area contributed by atoms with Crippen LogP contribution in [0.5, 0.6) is 11.5 Å². The zero-order valence-corrected chi connectivity index (χ0v) is 19.6. The summed E-state index contributed by atoms with van der Waals surface area (Å²) in [6.45, 7) is 5.33. The minimum Gasteiger partial charge on any atom is -0.488 e. The third-order valence-corrected chi connectivity index (χ3v) is 7.03. The van der Waals surface area contributed by atoms with Crippen LogP contribution in [0.15, 0.2) is 36.8 Å². The minimum absolute atomic E-state index is 0.0715. The highest BCUT2D eigenvalue weighted by Crippen LogP contribution is 2.45. The summed E-state index contributed by atoms with van der Waals surface area (Å²) in [5.41, 5.74) is 0.335. The van der Waals surface area contributed by atoms with E-state index in [1.807, 2.05) is 13.0 Å². The Morgan fingerprint density at radius 3 is 2.79 bits per heavy atom. The Morgan fingerprint density at radius 2 is 2.06 bits per heavy atom. The smallest absolute Gasteiger partial charge is 0.261 e. The molecule has 0 unspecified atom stereocenters. The molecule has 2 aliphatic rings. The minimum atomic E-state index is -1.07. The van der Waals surface area contributed by atoms with Gasteiger partial charge in [-0.3, -0.25) is 4.79 Å². The lowest BCUT2D eigenvalue weighted by Gasteiger charge is -2.36. The van der Waals surface area contributed by atoms with Gasteiger partial charge in [0.1, 0.15) is 22.7 Å². The number of hydrogen-bond donors (Lipinski definition) is 3. The fraction of sp³-hybridized carbons (Fsp3) is 0.480. The van der Waals surface area contributed by atoms with Crippen LogP contribution in [0, 0.1) is 0 Å². The van der Waals surface area contributed by atoms with Gasteiger partial charge in [-0.15, -0.1) is 0 Å². The highest BCUT2D eigenvalue weighted by molar-refractivity contribution is 6.08. The van der Waals surface area contributed by atoms with Gasteiger partial charge in [0.05, 0.1) is 29.7 Å². The first-order valence-corrected chi connectivity index (χ1v) is 11.7. The number of amides is 1. The Hall–Kier alpha value is -3.17. The normalized spacial score (nSPS) is 24.5. The van der Waals surface area contributed by atoms with Crippen LogP contribution in [0.25, 0.3) is 5.65 Å². The van der Waals surface area contributed by atoms with E-state index in [0.29, 0.717) is 47.7 Å². The van der Waals surface area contributed by atoms with E-state index in [1.165, 1.54) is 6.20 Å². The van der Waals surface area contributed by atoms with Gasteiger partial charge in [0.25, 0.3) is 5.91 Å². The van der Waals surface area contributed by atoms with E-state index in [-0.39, 0.29) is 18.1 Å². The molecule has 9 heteroatoms. The number of anilines is 1. The van der Waals surface area contributed by atoms with Crippen molar-refractivity contribution >= 4 is 17.2 Å². The van der Waals surface area contributed by atoms with Crippen molar-refractivity contribution in [3.8, 4) is 11.5 Å². The Kier molecular flexibility index (Phi) is 5.49. The molecule has 5 rings (SSSR count). The maximum atomic E-state index is 13.2. The average Bonchev–Trinajstić information content (AvgIpc) is 3.36. The van der Waals surface area contributed by atoms with Gasteiger partial charge in [-0.25, -0.2) is 9.50 Å². The van der Waals surface area contributed by atoms with Crippen molar-refractivity contribution in [3.05, 3.63) is 47.9 Å². The number of nitrogens with zero attached hydrogens (tertiary/aromatic N) is 3. The lowest BCUT2D eigenvalue weighted by Crippen LogP contribution is -2.51. The molecule has 0 saturated heterocycles. The van der Waals surface area contributed by atoms with Crippen LogP contribution in [-0.4, -0.2) is 54.1 Å². The van der Waals surface area contributed by atoms with Crippen LogP contribution in [0.2, 0.25) is 0 Å². The van der Waals surface area contributed by atoms with Gasteiger partial charge in [0, 0.05) is 30.4 Å². The highest BCUT2D eigenvalue weighted by Gasteiger charge is 2.47. The van der Waals surface area contributed by atoms with Crippen LogP contribution in [0.1, 0.15) is 62.4 Å². The van der Waals surface area contributed by atoms with Gasteiger partial charge in [0.15, 0.2) is 5.65 Å². The zero-order valence-electron chi connectivity index (χ0n) is 19.6. The molecule has 1 amide bonds. The molecule has 0 radical (unpaired) electrons. The Balaban J connectivity index is 1.47. The molecule has 9 nitrogen and oxygen atoms in total. The summed E-state index contributed by atoms with van der Waals surface area (Å²) in [5, 5.41) is 27.7. The predicted octanol–water partition coefficient (Wildman–Crippen LogP) is 3.13. The summed E-state index contributed by atoms with van der Waals surface area (Å²) in [6.07, 6.45) is 7.77. The molecular weight excluding hydrogens is 436 g/mol. The fourth-order valence-corrected chi connectivity index (χ4v) is 4.54. The summed E-state index contributed by atoms with van der Waals surface area (Å²) in [7, 11) is 0. The maximum Gasteiger partial charge on any atom is 0.261 e. The molecule has 34 heavy (non-hydrogen) atoms. The summed E-state index contributed by atoms with van der Waals surface area (Å²) in [5.74, 6) is 0.783. The second-order valence-electron chi connectivity index (χ2n) is 9.97. The second kappa shape index (κ2) is 8.25. The third-order valence-electron chi connectivity index (χ3n) is 7.03. The van der Waals surface area contributed by atoms with Gasteiger partial charge in [0.2, 0.25) is 0 Å². The Morgan fingerprint density at radius 1 is 1.29 bits per heavy atom. The first-order chi connectivity index (χ1) is 16.1. The highest BCUT2D eigenvalue weighted by atomic mass is 16.5. The summed E-state index contributed by atoms with van der Waals surface area (Å²) >= 11 is 0. The molecule has 1 atom stereocenters. The van der Waals surface area contributed by atoms with E-state index in [1.54, 1.807) is 42.9 Å². The summed E-state index contributed by atoms with van der Waals surface area (Å²) in [6, 6.07) is 5.40. The lowest BCUT2D eigenvalue weighted by molar-refractivity contribution is -0.0900. The largest absolute Gasteiger partial charge is 0.488 e. The lowest BCUT2D eigenvalue weighted by atomic mass is 9.84. The number of hydrogen-bond acceptors (Lipinski definition) is 7. The van der Waals surface area contributed by atoms with E-state index in [0.717, 1.165) is 18.4 Å². The number of fused-ring (bicyclic) bond motifs is 2. The van der Waals surface area contributed by atoms with Crippen LogP contribution in [0.3, 0.4) is 0 Å². The Labute approximate surface area is 197 Å². The molecule has 1 aromatic carbocycles. The van der Waals surface area contributed by atoms with Crippen LogP contribution in [-0.2, 0) is 6.42 Å². The van der Waals surface area contributed by atoms with Crippen molar-refractivity contribution < 1.29 is 24.5 Å². The van der Waals surface area contributed by atoms with Crippen molar-refractivity contribution in [3.63, 3.8) is 0 Å². The van der Waals surface area contributed by atoms with E-state index < -0.39 is 11.2 Å². The topological polar surface area (TPSA) is 118 Å². The molecule has 1 fully saturated rings. The summed E-state index contributed by atoms with van der Waals surface area (Å²) < 4.78 is 14.1. The number of carbonyl (C=O) groups is 1. The first-order valence-electron chi connectivity index (χ1n) is 11.7. The number of aliphatic hydroxyl groups is 2. The van der Waals surface area contributed by atoms with Gasteiger partial charge >= 0.3 is 0 Å². The van der Waals surface area contributed by atoms with Gasteiger partial charge in [-0.2, -0.15) is 5.10 Å². The monoisotopic (exact) mass is 466 g/mol. The molecular formula is C25H30N4O5. The predicted molar refractivity (Wildman–Crippen MR) is 125 cm³/mol. The van der Waals surface area contributed by atoms with Crippen molar-refractivity contribution in [2.75, 3.05) is 5.32 Å². The van der Waals surface area contributed by atoms with E-state index in [9.17, 15) is 15.0 Å². The number of aliphatic hydroxyl groups excluding tert-OH is 1. The Bertz CT molecular complexity index is 1230. The molecule has 0 bridgehead atoms. The number of benzene rings is 1. The van der Waals surface area contributed by atoms with Gasteiger partial charge < -0.3 is 25.0 Å². The molecule has 3 aromatic rings. The molecule has 2 aromatic heterocycles. The number of aromatic nitrogens is 3. The molecule has 3 heterocycles. The number of ether oxygens (including phenoxy) is 2. The molecule has 0 spiro atoms. The number of rotatable bonds is 5. The first kappa shape index (κ1) is 22.6. The SMILES string of the molecule is CC(C)(O)[C@@]1(C)Cc2cc(NC(=O)c3cnn4cccnc34)c(OC3CCC(O)CC3)cc2O1. The van der Waals surface area contributed by atoms with E-state index in [4.69, 9.17) is 9.47 Å². The van der Waals surface area contributed by atoms with Gasteiger partial charge in [-0.05, 0) is 58.6 Å². The number of carbonyl (C=O) groups excluding carboxylic acids is 1. The van der Waals surface area contributed by atoms with Crippen molar-refractivity contribution in [2.24, 2.45) is 0 Å². The molecule has 180 valence electrons. The van der Waals surface area contributed by atoms with Crippen LogP contribution < -0.4 is 14.8 Å². The van der Waals surface area contributed by atoms with E-state index in [2.05, 4.69) is 15.4 Å². The number of nitrogens with one attached hydrogen (secondary N) is 1. The van der Waals surface area contributed by atoms with Crippen LogP contribution >= 0.6 is 0 Å². The standard InChI is InChI=1S/C25H30N4O5/c1-24(2,32)25(3)13-15-11-19(28-23(31)18-14-27-29-10-4-9-26-22(18)29)21(12-20(15)34-25)33-17-7-5-16(30)6-8-17/h4,9-12,14,16-17,30,32H,5-8,13H2,1-3H3,(H,28,31)/t16?,17?,25-/m1/s1. The second-order valence-corrected chi connectivity index (χ2v) is 9.97. The van der Waals surface area contributed by atoms with Crippen LogP contribution in [0.4, 0.5) is 5.69 Å². The van der Waals surface area contributed by atoms with Crippen molar-refractivity contribution in [1.29, 1.82) is 0 Å². The van der Waals surface area contributed by atoms with Gasteiger partial charge in [-0.1, -0.05) is 0 Å². The van der Waals surface area contributed by atoms with Crippen molar-refractivity contribution in [1.82, 2.24) is 14.6 Å². The van der Waals surface area contributed by atoms with E-state index >= 15 is 0 Å². The molecule has 1 aliphatic heterocycles. The maximum absolute atomic E-state index is 13.2. The molecule has 1 aliphatic carbocycles. The average molecular weight is 467 g/mol. The third kappa shape index (κ3) is 4.10. The quantitative estimate of drug-likeness (QED) is 0.529. The molecule has 3 N–H and O–H groups in total. The molecule has 1 saturated carbocycles. The van der Waals surface area contributed by atoms with Crippen molar-refractivity contribution in [2.45, 2.75) is 76.3 Å². The fourth-order valence-electron chi connectivity index (χ4n) is 4.54.